The molecule has 0 aliphatic rings. The highest BCUT2D eigenvalue weighted by Crippen LogP contribution is 2.08. The quantitative estimate of drug-likeness (QED) is 0.438. The average Bonchev–Trinajstić information content (AvgIpc) is 2.51. The number of nitrogens with zero attached hydrogens (tertiary/aromatic N) is 1. The largest absolute Gasteiger partial charge is 0.383 e. The van der Waals surface area contributed by atoms with E-state index in [0.29, 0.717) is 11.7 Å². The zero-order valence-corrected chi connectivity index (χ0v) is 14.8. The second-order valence-corrected chi connectivity index (χ2v) is 5.85. The topological polar surface area (TPSA) is 45.7 Å². The maximum absolute atomic E-state index is 5.20. The Kier molecular flexibility index (Phi) is 8.70. The molecule has 1 rings (SSSR count). The Balaban J connectivity index is 2.52. The first-order valence-electron chi connectivity index (χ1n) is 7.75. The number of hydrogen-bond acceptors (Lipinski definition) is 3. The number of benzene rings is 1. The van der Waals surface area contributed by atoms with Gasteiger partial charge < -0.3 is 10.1 Å². The smallest absolute Gasteiger partial charge is 0.187 e. The van der Waals surface area contributed by atoms with Gasteiger partial charge in [-0.05, 0) is 50.0 Å². The number of methoxy groups -OCH3 is 1. The number of hydrazone groups is 1. The molecule has 0 amide bonds. The van der Waals surface area contributed by atoms with Gasteiger partial charge in [0, 0.05) is 13.2 Å². The number of thiocarbonyl (C=S) groups is 1. The van der Waals surface area contributed by atoms with Crippen LogP contribution in [0.2, 0.25) is 0 Å². The van der Waals surface area contributed by atoms with E-state index in [0.717, 1.165) is 17.7 Å². The van der Waals surface area contributed by atoms with Crippen LogP contribution in [0.3, 0.4) is 0 Å². The summed E-state index contributed by atoms with van der Waals surface area (Å²) in [5.41, 5.74) is 6.25. The zero-order valence-electron chi connectivity index (χ0n) is 14.0. The molecule has 0 unspecified atom stereocenters. The molecule has 0 aromatic heterocycles. The molecule has 0 bridgehead atoms. The Bertz CT molecular complexity index is 485. The fourth-order valence-electron chi connectivity index (χ4n) is 2.04. The van der Waals surface area contributed by atoms with E-state index in [4.69, 9.17) is 17.0 Å². The highest BCUT2D eigenvalue weighted by molar-refractivity contribution is 7.80. The van der Waals surface area contributed by atoms with Crippen LogP contribution < -0.4 is 10.7 Å². The molecule has 0 saturated carbocycles. The van der Waals surface area contributed by atoms with E-state index in [9.17, 15) is 0 Å². The maximum atomic E-state index is 5.20. The van der Waals surface area contributed by atoms with Crippen LogP contribution in [0.5, 0.6) is 0 Å². The van der Waals surface area contributed by atoms with Crippen LogP contribution in [0, 0.1) is 0 Å². The Morgan fingerprint density at radius 2 is 2.00 bits per heavy atom. The molecule has 22 heavy (non-hydrogen) atoms. The summed E-state index contributed by atoms with van der Waals surface area (Å²) in [6.07, 6.45) is 3.59. The summed E-state index contributed by atoms with van der Waals surface area (Å²) in [4.78, 5) is 0. The summed E-state index contributed by atoms with van der Waals surface area (Å²) in [6, 6.07) is 8.70. The van der Waals surface area contributed by atoms with Crippen LogP contribution in [0.25, 0.3) is 0 Å². The van der Waals surface area contributed by atoms with Gasteiger partial charge in [-0.2, -0.15) is 5.10 Å². The lowest BCUT2D eigenvalue weighted by molar-refractivity contribution is 0.179. The van der Waals surface area contributed by atoms with Gasteiger partial charge >= 0.3 is 0 Å². The number of ether oxygens (including phenoxy) is 1. The minimum atomic E-state index is 0.151. The average molecular weight is 321 g/mol. The van der Waals surface area contributed by atoms with Gasteiger partial charge in [-0.3, -0.25) is 5.43 Å². The Morgan fingerprint density at radius 3 is 2.59 bits per heavy atom. The predicted molar refractivity (Wildman–Crippen MR) is 97.5 cm³/mol. The third-order valence-electron chi connectivity index (χ3n) is 3.31. The zero-order chi connectivity index (χ0) is 16.4. The molecule has 0 aliphatic heterocycles. The summed E-state index contributed by atoms with van der Waals surface area (Å²) in [7, 11) is 1.67. The number of unbranched alkanes of at least 4 members (excludes halogenated alkanes) is 1. The van der Waals surface area contributed by atoms with Gasteiger partial charge in [-0.1, -0.05) is 37.6 Å². The molecule has 1 aromatic carbocycles. The van der Waals surface area contributed by atoms with Crippen molar-refractivity contribution in [3.63, 3.8) is 0 Å². The molecule has 0 fully saturated rings. The van der Waals surface area contributed by atoms with Crippen molar-refractivity contribution in [2.45, 2.75) is 46.1 Å². The first-order chi connectivity index (χ1) is 10.6. The van der Waals surface area contributed by atoms with Gasteiger partial charge in [0.2, 0.25) is 0 Å². The Morgan fingerprint density at radius 1 is 1.32 bits per heavy atom. The first-order valence-corrected chi connectivity index (χ1v) is 8.16. The van der Waals surface area contributed by atoms with Gasteiger partial charge in [0.1, 0.15) is 0 Å². The molecule has 4 nitrogen and oxygen atoms in total. The van der Waals surface area contributed by atoms with Gasteiger partial charge in [0.25, 0.3) is 0 Å². The van der Waals surface area contributed by atoms with E-state index in [1.54, 1.807) is 7.11 Å². The lowest BCUT2D eigenvalue weighted by Gasteiger charge is -2.14. The Labute approximate surface area is 139 Å². The number of rotatable bonds is 8. The lowest BCUT2D eigenvalue weighted by atomic mass is 10.0. The normalized spacial score (nSPS) is 12.8. The molecule has 0 spiro atoms. The summed E-state index contributed by atoms with van der Waals surface area (Å²) < 4.78 is 5.05. The fraction of sp³-hybridized carbons (Fsp3) is 0.529. The van der Waals surface area contributed by atoms with E-state index in [-0.39, 0.29) is 6.04 Å². The van der Waals surface area contributed by atoms with Crippen LogP contribution >= 0.6 is 12.2 Å². The van der Waals surface area contributed by atoms with Crippen molar-refractivity contribution >= 4 is 23.0 Å². The van der Waals surface area contributed by atoms with E-state index in [2.05, 4.69) is 47.0 Å². The lowest BCUT2D eigenvalue weighted by Crippen LogP contribution is -2.40. The van der Waals surface area contributed by atoms with Crippen LogP contribution in [-0.4, -0.2) is 30.6 Å². The van der Waals surface area contributed by atoms with Crippen molar-refractivity contribution in [1.82, 2.24) is 10.7 Å². The second kappa shape index (κ2) is 10.3. The van der Waals surface area contributed by atoms with E-state index >= 15 is 0 Å². The van der Waals surface area contributed by atoms with Gasteiger partial charge in [-0.15, -0.1) is 0 Å². The molecule has 5 heteroatoms. The van der Waals surface area contributed by atoms with Crippen LogP contribution in [0.15, 0.2) is 29.4 Å². The highest BCUT2D eigenvalue weighted by Gasteiger charge is 2.03. The van der Waals surface area contributed by atoms with Crippen molar-refractivity contribution in [2.75, 3.05) is 13.7 Å². The van der Waals surface area contributed by atoms with Crippen molar-refractivity contribution < 1.29 is 4.74 Å². The summed E-state index contributed by atoms with van der Waals surface area (Å²) in [5.74, 6) is 0. The molecule has 0 saturated heterocycles. The molecular weight excluding hydrogens is 294 g/mol. The summed E-state index contributed by atoms with van der Waals surface area (Å²) in [6.45, 7) is 6.78. The minimum absolute atomic E-state index is 0.151. The third-order valence-corrected chi connectivity index (χ3v) is 3.52. The van der Waals surface area contributed by atoms with Crippen LogP contribution in [0.1, 0.15) is 44.7 Å². The van der Waals surface area contributed by atoms with Gasteiger partial charge in [0.05, 0.1) is 12.3 Å². The van der Waals surface area contributed by atoms with Gasteiger partial charge in [0.15, 0.2) is 5.11 Å². The minimum Gasteiger partial charge on any atom is -0.383 e. The SMILES string of the molecule is CCCCc1ccc(/C(C)=N\NC(=S)N[C@H](C)COC)cc1. The molecule has 0 radical (unpaired) electrons. The molecule has 122 valence electrons. The standard InChI is InChI=1S/C17H27N3OS/c1-5-6-7-15-8-10-16(11-9-15)14(3)19-20-17(22)18-13(2)12-21-4/h8-11,13H,5-7,12H2,1-4H3,(H2,18,20,22)/b19-14-/t13-/m1/s1. The maximum Gasteiger partial charge on any atom is 0.187 e. The van der Waals surface area contributed by atoms with Crippen LogP contribution in [0.4, 0.5) is 0 Å². The van der Waals surface area contributed by atoms with E-state index in [1.807, 2.05) is 13.8 Å². The summed E-state index contributed by atoms with van der Waals surface area (Å²) >= 11 is 5.20. The molecule has 2 N–H and O–H groups in total. The van der Waals surface area contributed by atoms with Crippen molar-refractivity contribution in [1.29, 1.82) is 0 Å². The third kappa shape index (κ3) is 7.00. The molecule has 0 heterocycles. The first kappa shape index (κ1) is 18.6. The van der Waals surface area contributed by atoms with Gasteiger partial charge in [-0.25, -0.2) is 0 Å². The van der Waals surface area contributed by atoms with E-state index in [1.165, 1.54) is 18.4 Å². The van der Waals surface area contributed by atoms with E-state index < -0.39 is 0 Å². The monoisotopic (exact) mass is 321 g/mol. The van der Waals surface area contributed by atoms with Crippen LogP contribution in [-0.2, 0) is 11.2 Å². The number of hydrogen-bond donors (Lipinski definition) is 2. The van der Waals surface area contributed by atoms with Crippen molar-refractivity contribution in [3.8, 4) is 0 Å². The molecule has 1 aromatic rings. The molecule has 0 aliphatic carbocycles. The second-order valence-electron chi connectivity index (χ2n) is 5.44. The predicted octanol–water partition coefficient (Wildman–Crippen LogP) is 3.25. The van der Waals surface area contributed by atoms with Crippen molar-refractivity contribution in [3.05, 3.63) is 35.4 Å². The highest BCUT2D eigenvalue weighted by atomic mass is 32.1. The molecular formula is C17H27N3OS. The number of aryl methyl sites for hydroxylation is 1. The fourth-order valence-corrected chi connectivity index (χ4v) is 2.29. The number of nitrogens with one attached hydrogen (secondary N) is 2. The van der Waals surface area contributed by atoms with Crippen molar-refractivity contribution in [2.24, 2.45) is 5.10 Å². The Hall–Kier alpha value is -1.46. The molecule has 1 atom stereocenters. The summed E-state index contributed by atoms with van der Waals surface area (Å²) in [5, 5.41) is 7.93.